The summed E-state index contributed by atoms with van der Waals surface area (Å²) in [6.07, 6.45) is 2.07. The molecule has 1 nitrogen and oxygen atoms in total. The molecule has 0 aromatic heterocycles. The average Bonchev–Trinajstić information content (AvgIpc) is 2.44. The molecule has 0 bridgehead atoms. The molecule has 3 heteroatoms. The van der Waals surface area contributed by atoms with Gasteiger partial charge in [-0.2, -0.15) is 0 Å². The van der Waals surface area contributed by atoms with Crippen LogP contribution < -0.4 is 5.32 Å². The van der Waals surface area contributed by atoms with Gasteiger partial charge in [0.2, 0.25) is 0 Å². The van der Waals surface area contributed by atoms with E-state index in [-0.39, 0.29) is 0 Å². The fraction of sp³-hybridized carbons (Fsp3) is 0.250. The van der Waals surface area contributed by atoms with Crippen LogP contribution in [0.4, 0.5) is 0 Å². The zero-order chi connectivity index (χ0) is 13.2. The van der Waals surface area contributed by atoms with Gasteiger partial charge in [-0.15, -0.1) is 0 Å². The molecule has 98 valence electrons. The summed E-state index contributed by atoms with van der Waals surface area (Å²) in [5.41, 5.74) is 3.97. The number of hydrogen-bond donors (Lipinski definition) is 1. The highest BCUT2D eigenvalue weighted by Crippen LogP contribution is 2.31. The van der Waals surface area contributed by atoms with Gasteiger partial charge in [0.15, 0.2) is 0 Å². The monoisotopic (exact) mass is 335 g/mol. The molecular formula is C16H15BrClN. The zero-order valence-electron chi connectivity index (χ0n) is 10.5. The van der Waals surface area contributed by atoms with E-state index in [9.17, 15) is 0 Å². The van der Waals surface area contributed by atoms with Gasteiger partial charge in [-0.3, -0.25) is 0 Å². The van der Waals surface area contributed by atoms with Crippen LogP contribution in [0.15, 0.2) is 46.9 Å². The van der Waals surface area contributed by atoms with Crippen LogP contribution in [0.25, 0.3) is 0 Å². The maximum atomic E-state index is 6.26. The number of rotatable bonds is 2. The van der Waals surface area contributed by atoms with E-state index in [1.165, 1.54) is 21.2 Å². The van der Waals surface area contributed by atoms with Crippen molar-refractivity contribution in [2.75, 3.05) is 0 Å². The second-order valence-electron chi connectivity index (χ2n) is 4.96. The summed E-state index contributed by atoms with van der Waals surface area (Å²) in [7, 11) is 0. The molecule has 1 atom stereocenters. The van der Waals surface area contributed by atoms with E-state index >= 15 is 0 Å². The molecule has 0 fully saturated rings. The topological polar surface area (TPSA) is 12.0 Å². The summed E-state index contributed by atoms with van der Waals surface area (Å²) in [5, 5.41) is 4.45. The van der Waals surface area contributed by atoms with Crippen LogP contribution in [0.3, 0.4) is 0 Å². The Hall–Kier alpha value is -0.830. The third-order valence-corrected chi connectivity index (χ3v) is 4.76. The molecule has 1 aliphatic rings. The first-order valence-corrected chi connectivity index (χ1v) is 7.64. The van der Waals surface area contributed by atoms with Gasteiger partial charge in [0, 0.05) is 22.1 Å². The molecule has 0 radical (unpaired) electrons. The Morgan fingerprint density at radius 1 is 1.11 bits per heavy atom. The van der Waals surface area contributed by atoms with Gasteiger partial charge < -0.3 is 5.32 Å². The van der Waals surface area contributed by atoms with E-state index in [0.29, 0.717) is 6.04 Å². The van der Waals surface area contributed by atoms with E-state index < -0.39 is 0 Å². The van der Waals surface area contributed by atoms with Gasteiger partial charge in [-0.05, 0) is 41.7 Å². The van der Waals surface area contributed by atoms with Gasteiger partial charge in [0.25, 0.3) is 0 Å². The van der Waals surface area contributed by atoms with E-state index in [0.717, 1.165) is 24.4 Å². The lowest BCUT2D eigenvalue weighted by Crippen LogP contribution is -2.37. The first kappa shape index (κ1) is 13.2. The van der Waals surface area contributed by atoms with Crippen molar-refractivity contribution in [3.8, 4) is 0 Å². The third kappa shape index (κ3) is 2.86. The maximum Gasteiger partial charge on any atom is 0.0454 e. The highest BCUT2D eigenvalue weighted by molar-refractivity contribution is 9.10. The van der Waals surface area contributed by atoms with Crippen molar-refractivity contribution < 1.29 is 0 Å². The normalized spacial score (nSPS) is 18.1. The molecule has 0 amide bonds. The van der Waals surface area contributed by atoms with Gasteiger partial charge in [0.1, 0.15) is 0 Å². The SMILES string of the molecule is Clc1ccc(Br)c2c1CNC(Cc1ccccc1)C2. The average molecular weight is 337 g/mol. The van der Waals surface area contributed by atoms with Crippen LogP contribution in [-0.2, 0) is 19.4 Å². The molecule has 19 heavy (non-hydrogen) atoms. The Morgan fingerprint density at radius 3 is 2.68 bits per heavy atom. The fourth-order valence-corrected chi connectivity index (χ4v) is 3.43. The van der Waals surface area contributed by atoms with Crippen molar-refractivity contribution in [3.05, 3.63) is 68.7 Å². The van der Waals surface area contributed by atoms with Crippen LogP contribution in [-0.4, -0.2) is 6.04 Å². The minimum Gasteiger partial charge on any atom is -0.309 e. The van der Waals surface area contributed by atoms with Crippen molar-refractivity contribution in [1.29, 1.82) is 0 Å². The Balaban J connectivity index is 1.81. The van der Waals surface area contributed by atoms with Crippen LogP contribution >= 0.6 is 27.5 Å². The van der Waals surface area contributed by atoms with Gasteiger partial charge in [-0.25, -0.2) is 0 Å². The minimum atomic E-state index is 0.477. The van der Waals surface area contributed by atoms with Crippen LogP contribution in [0.2, 0.25) is 5.02 Å². The quantitative estimate of drug-likeness (QED) is 0.859. The molecule has 0 aliphatic carbocycles. The highest BCUT2D eigenvalue weighted by Gasteiger charge is 2.21. The first-order valence-electron chi connectivity index (χ1n) is 6.47. The maximum absolute atomic E-state index is 6.26. The molecule has 0 saturated heterocycles. The predicted molar refractivity (Wildman–Crippen MR) is 83.6 cm³/mol. The lowest BCUT2D eigenvalue weighted by Gasteiger charge is -2.28. The van der Waals surface area contributed by atoms with Gasteiger partial charge in [-0.1, -0.05) is 57.9 Å². The van der Waals surface area contributed by atoms with E-state index in [1.54, 1.807) is 0 Å². The third-order valence-electron chi connectivity index (χ3n) is 3.66. The van der Waals surface area contributed by atoms with Crippen molar-refractivity contribution >= 4 is 27.5 Å². The van der Waals surface area contributed by atoms with E-state index in [1.807, 2.05) is 12.1 Å². The Labute approximate surface area is 127 Å². The summed E-state index contributed by atoms with van der Waals surface area (Å²) in [6.45, 7) is 0.852. The van der Waals surface area contributed by atoms with Crippen molar-refractivity contribution in [1.82, 2.24) is 5.32 Å². The van der Waals surface area contributed by atoms with E-state index in [4.69, 9.17) is 11.6 Å². The minimum absolute atomic E-state index is 0.477. The lowest BCUT2D eigenvalue weighted by atomic mass is 9.92. The fourth-order valence-electron chi connectivity index (χ4n) is 2.66. The predicted octanol–water partition coefficient (Wildman–Crippen LogP) is 4.36. The number of nitrogens with one attached hydrogen (secondary N) is 1. The molecule has 3 rings (SSSR count). The summed E-state index contributed by atoms with van der Waals surface area (Å²) in [6, 6.07) is 15.1. The Morgan fingerprint density at radius 2 is 1.89 bits per heavy atom. The van der Waals surface area contributed by atoms with Crippen LogP contribution in [0, 0.1) is 0 Å². The summed E-state index contributed by atoms with van der Waals surface area (Å²) in [4.78, 5) is 0. The zero-order valence-corrected chi connectivity index (χ0v) is 12.8. The highest BCUT2D eigenvalue weighted by atomic mass is 79.9. The van der Waals surface area contributed by atoms with E-state index in [2.05, 4.69) is 51.6 Å². The molecule has 0 saturated carbocycles. The number of benzene rings is 2. The van der Waals surface area contributed by atoms with Crippen molar-refractivity contribution in [3.63, 3.8) is 0 Å². The molecule has 1 unspecified atom stereocenters. The largest absolute Gasteiger partial charge is 0.309 e. The second kappa shape index (κ2) is 5.66. The Bertz CT molecular complexity index is 583. The molecule has 1 N–H and O–H groups in total. The van der Waals surface area contributed by atoms with Gasteiger partial charge in [0.05, 0.1) is 0 Å². The number of hydrogen-bond acceptors (Lipinski definition) is 1. The molecule has 2 aromatic rings. The van der Waals surface area contributed by atoms with Crippen LogP contribution in [0.1, 0.15) is 16.7 Å². The Kier molecular flexibility index (Phi) is 3.92. The molecule has 1 heterocycles. The van der Waals surface area contributed by atoms with Crippen molar-refractivity contribution in [2.45, 2.75) is 25.4 Å². The summed E-state index contributed by atoms with van der Waals surface area (Å²) in [5.74, 6) is 0. The molecular weight excluding hydrogens is 322 g/mol. The van der Waals surface area contributed by atoms with Crippen LogP contribution in [0.5, 0.6) is 0 Å². The number of fused-ring (bicyclic) bond motifs is 1. The lowest BCUT2D eigenvalue weighted by molar-refractivity contribution is 0.476. The van der Waals surface area contributed by atoms with Gasteiger partial charge >= 0.3 is 0 Å². The molecule has 1 aliphatic heterocycles. The smallest absolute Gasteiger partial charge is 0.0454 e. The molecule has 0 spiro atoms. The first-order chi connectivity index (χ1) is 9.24. The second-order valence-corrected chi connectivity index (χ2v) is 6.22. The summed E-state index contributed by atoms with van der Waals surface area (Å²) < 4.78 is 1.17. The standard InChI is InChI=1S/C16H15BrClN/c17-15-6-7-16(18)14-10-19-12(9-13(14)15)8-11-4-2-1-3-5-11/h1-7,12,19H,8-10H2. The molecule has 2 aromatic carbocycles. The van der Waals surface area contributed by atoms with Crippen molar-refractivity contribution in [2.24, 2.45) is 0 Å². The number of halogens is 2. The summed E-state index contributed by atoms with van der Waals surface area (Å²) >= 11 is 9.90.